The molecule has 2 aromatic rings. The highest BCUT2D eigenvalue weighted by Gasteiger charge is 2.12. The Bertz CT molecular complexity index is 658. The molecule has 0 saturated heterocycles. The second kappa shape index (κ2) is 6.25. The predicted octanol–water partition coefficient (Wildman–Crippen LogP) is 3.26. The molecule has 0 aliphatic heterocycles. The minimum atomic E-state index is -0.580. The normalized spacial score (nSPS) is 9.90. The molecule has 0 aromatic heterocycles. The zero-order chi connectivity index (χ0) is 14.5. The van der Waals surface area contributed by atoms with Gasteiger partial charge in [-0.15, -0.1) is 0 Å². The van der Waals surface area contributed by atoms with Crippen LogP contribution in [0, 0.1) is 12.7 Å². The zero-order valence-corrected chi connectivity index (χ0v) is 11.6. The van der Waals surface area contributed by atoms with Crippen molar-refractivity contribution in [2.45, 2.75) is 6.92 Å². The summed E-state index contributed by atoms with van der Waals surface area (Å²) < 4.78 is 13.5. The number of amides is 1. The molecule has 1 amide bonds. The fraction of sp³-hybridized carbons (Fsp3) is 0.0667. The number of nitrogens with one attached hydrogen (secondary N) is 2. The Labute approximate surface area is 121 Å². The fourth-order valence-corrected chi connectivity index (χ4v) is 1.89. The van der Waals surface area contributed by atoms with E-state index in [0.29, 0.717) is 0 Å². The van der Waals surface area contributed by atoms with Gasteiger partial charge in [0, 0.05) is 5.69 Å². The van der Waals surface area contributed by atoms with Crippen molar-refractivity contribution in [1.29, 1.82) is 0 Å². The Kier molecular flexibility index (Phi) is 4.42. The number of hydrogen-bond acceptors (Lipinski definition) is 2. The summed E-state index contributed by atoms with van der Waals surface area (Å²) in [6.45, 7) is 1.92. The first kappa shape index (κ1) is 14.1. The minimum Gasteiger partial charge on any atom is -0.332 e. The van der Waals surface area contributed by atoms with E-state index in [1.165, 1.54) is 18.2 Å². The average Bonchev–Trinajstić information content (AvgIpc) is 2.41. The Balaban J connectivity index is 2.04. The van der Waals surface area contributed by atoms with Crippen LogP contribution in [0.15, 0.2) is 48.5 Å². The Hall–Kier alpha value is -2.27. The molecule has 2 N–H and O–H groups in total. The lowest BCUT2D eigenvalue weighted by Crippen LogP contribution is -2.34. The van der Waals surface area contributed by atoms with Crippen molar-refractivity contribution < 1.29 is 9.18 Å². The summed E-state index contributed by atoms with van der Waals surface area (Å²) >= 11 is 5.05. The summed E-state index contributed by atoms with van der Waals surface area (Å²) in [5.74, 6) is -1.15. The van der Waals surface area contributed by atoms with Gasteiger partial charge in [0.05, 0.1) is 5.56 Å². The summed E-state index contributed by atoms with van der Waals surface area (Å²) in [4.78, 5) is 11.9. The highest BCUT2D eigenvalue weighted by molar-refractivity contribution is 7.80. The van der Waals surface area contributed by atoms with Gasteiger partial charge < -0.3 is 5.32 Å². The molecule has 0 unspecified atom stereocenters. The maximum absolute atomic E-state index is 13.5. The average molecular weight is 288 g/mol. The van der Waals surface area contributed by atoms with Crippen LogP contribution in [0.5, 0.6) is 0 Å². The van der Waals surface area contributed by atoms with Crippen LogP contribution in [0.4, 0.5) is 10.1 Å². The third-order valence-corrected chi connectivity index (χ3v) is 2.94. The molecule has 3 nitrogen and oxygen atoms in total. The molecule has 0 aliphatic rings. The lowest BCUT2D eigenvalue weighted by molar-refractivity contribution is 0.0974. The van der Waals surface area contributed by atoms with Gasteiger partial charge in [0.25, 0.3) is 5.91 Å². The van der Waals surface area contributed by atoms with E-state index in [9.17, 15) is 9.18 Å². The largest absolute Gasteiger partial charge is 0.332 e. The smallest absolute Gasteiger partial charge is 0.260 e. The van der Waals surface area contributed by atoms with Crippen LogP contribution in [-0.2, 0) is 0 Å². The van der Waals surface area contributed by atoms with Crippen LogP contribution in [0.2, 0.25) is 0 Å². The summed E-state index contributed by atoms with van der Waals surface area (Å²) in [5, 5.41) is 5.49. The number of benzene rings is 2. The highest BCUT2D eigenvalue weighted by Crippen LogP contribution is 2.13. The molecule has 0 spiro atoms. The summed E-state index contributed by atoms with van der Waals surface area (Å²) in [6.07, 6.45) is 0. The van der Waals surface area contributed by atoms with Gasteiger partial charge in [-0.1, -0.05) is 30.3 Å². The molecular formula is C15H13FN2OS. The second-order valence-corrected chi connectivity index (χ2v) is 4.61. The number of halogens is 1. The van der Waals surface area contributed by atoms with Gasteiger partial charge in [0.2, 0.25) is 0 Å². The Morgan fingerprint density at radius 3 is 2.45 bits per heavy atom. The van der Waals surface area contributed by atoms with Crippen molar-refractivity contribution in [3.63, 3.8) is 0 Å². The van der Waals surface area contributed by atoms with Gasteiger partial charge in [-0.3, -0.25) is 10.1 Å². The van der Waals surface area contributed by atoms with Crippen molar-refractivity contribution in [2.24, 2.45) is 0 Å². The molecule has 5 heteroatoms. The number of rotatable bonds is 2. The maximum atomic E-state index is 13.5. The molecule has 0 aliphatic carbocycles. The lowest BCUT2D eigenvalue weighted by Gasteiger charge is -2.11. The van der Waals surface area contributed by atoms with Gasteiger partial charge >= 0.3 is 0 Å². The van der Waals surface area contributed by atoms with E-state index in [4.69, 9.17) is 12.2 Å². The molecule has 0 atom stereocenters. The van der Waals surface area contributed by atoms with E-state index < -0.39 is 11.7 Å². The van der Waals surface area contributed by atoms with E-state index in [-0.39, 0.29) is 10.7 Å². The van der Waals surface area contributed by atoms with Crippen LogP contribution >= 0.6 is 12.2 Å². The van der Waals surface area contributed by atoms with Gasteiger partial charge in [-0.2, -0.15) is 0 Å². The first-order chi connectivity index (χ1) is 9.58. The van der Waals surface area contributed by atoms with E-state index in [1.54, 1.807) is 6.07 Å². The fourth-order valence-electron chi connectivity index (χ4n) is 1.68. The summed E-state index contributed by atoms with van der Waals surface area (Å²) in [6, 6.07) is 13.3. The van der Waals surface area contributed by atoms with E-state index in [0.717, 1.165) is 11.3 Å². The molecular weight excluding hydrogens is 275 g/mol. The summed E-state index contributed by atoms with van der Waals surface area (Å²) in [7, 11) is 0. The lowest BCUT2D eigenvalue weighted by atomic mass is 10.2. The van der Waals surface area contributed by atoms with Crippen LogP contribution in [0.25, 0.3) is 0 Å². The van der Waals surface area contributed by atoms with Crippen LogP contribution in [0.3, 0.4) is 0 Å². The molecule has 0 saturated carbocycles. The van der Waals surface area contributed by atoms with E-state index in [1.807, 2.05) is 31.2 Å². The maximum Gasteiger partial charge on any atom is 0.260 e. The van der Waals surface area contributed by atoms with Crippen molar-refractivity contribution >= 4 is 28.9 Å². The third-order valence-electron chi connectivity index (χ3n) is 2.74. The second-order valence-electron chi connectivity index (χ2n) is 4.20. The molecule has 20 heavy (non-hydrogen) atoms. The Morgan fingerprint density at radius 2 is 1.75 bits per heavy atom. The first-order valence-corrected chi connectivity index (χ1v) is 6.41. The monoisotopic (exact) mass is 288 g/mol. The van der Waals surface area contributed by atoms with Crippen LogP contribution in [-0.4, -0.2) is 11.0 Å². The molecule has 2 aromatic carbocycles. The molecule has 0 radical (unpaired) electrons. The number of thiocarbonyl (C=S) groups is 1. The third kappa shape index (κ3) is 3.39. The van der Waals surface area contributed by atoms with Gasteiger partial charge in [-0.25, -0.2) is 4.39 Å². The topological polar surface area (TPSA) is 41.1 Å². The van der Waals surface area contributed by atoms with Crippen molar-refractivity contribution in [3.05, 3.63) is 65.5 Å². The number of carbonyl (C=O) groups is 1. The standard InChI is InChI=1S/C15H13FN2OS/c1-10-6-2-5-9-13(10)17-15(20)18-14(19)11-7-3-4-8-12(11)16/h2-9H,1H3,(H2,17,18,19,20). The zero-order valence-electron chi connectivity index (χ0n) is 10.8. The Morgan fingerprint density at radius 1 is 1.10 bits per heavy atom. The molecule has 2 rings (SSSR count). The van der Waals surface area contributed by atoms with Crippen molar-refractivity contribution in [3.8, 4) is 0 Å². The number of para-hydroxylation sites is 1. The molecule has 0 heterocycles. The number of anilines is 1. The minimum absolute atomic E-state index is 0.0403. The molecule has 0 fully saturated rings. The van der Waals surface area contributed by atoms with Crippen LogP contribution in [0.1, 0.15) is 15.9 Å². The number of hydrogen-bond donors (Lipinski definition) is 2. The van der Waals surface area contributed by atoms with Crippen LogP contribution < -0.4 is 10.6 Å². The van der Waals surface area contributed by atoms with Gasteiger partial charge in [0.1, 0.15) is 5.82 Å². The predicted molar refractivity (Wildman–Crippen MR) is 81.3 cm³/mol. The SMILES string of the molecule is Cc1ccccc1NC(=S)NC(=O)c1ccccc1F. The van der Waals surface area contributed by atoms with Crippen molar-refractivity contribution in [1.82, 2.24) is 5.32 Å². The number of carbonyl (C=O) groups excluding carboxylic acids is 1. The first-order valence-electron chi connectivity index (χ1n) is 6.00. The van der Waals surface area contributed by atoms with E-state index in [2.05, 4.69) is 10.6 Å². The molecule has 102 valence electrons. The van der Waals surface area contributed by atoms with Gasteiger partial charge in [-0.05, 0) is 42.9 Å². The number of aryl methyl sites for hydroxylation is 1. The summed E-state index contributed by atoms with van der Waals surface area (Å²) in [5.41, 5.74) is 1.75. The highest BCUT2D eigenvalue weighted by atomic mass is 32.1. The van der Waals surface area contributed by atoms with Crippen molar-refractivity contribution in [2.75, 3.05) is 5.32 Å². The quantitative estimate of drug-likeness (QED) is 0.833. The van der Waals surface area contributed by atoms with Gasteiger partial charge in [0.15, 0.2) is 5.11 Å². The van der Waals surface area contributed by atoms with E-state index >= 15 is 0 Å². The molecule has 0 bridgehead atoms.